The van der Waals surface area contributed by atoms with Crippen molar-refractivity contribution in [2.24, 2.45) is 0 Å². The minimum atomic E-state index is -1.09. The summed E-state index contributed by atoms with van der Waals surface area (Å²) in [5, 5.41) is 18.0. The smallest absolute Gasteiger partial charge is 0.328 e. The topological polar surface area (TPSA) is 96.3 Å². The molecule has 1 aromatic rings. The first-order valence-corrected chi connectivity index (χ1v) is 7.05. The van der Waals surface area contributed by atoms with Crippen molar-refractivity contribution >= 4 is 23.6 Å². The van der Waals surface area contributed by atoms with Crippen LogP contribution in [0.3, 0.4) is 0 Å². The van der Waals surface area contributed by atoms with Crippen LogP contribution in [0.2, 0.25) is 0 Å². The number of carbonyl (C=O) groups excluding carboxylic acids is 1. The number of amides is 1. The molecule has 0 aromatic heterocycles. The number of β-amino-alcohol motifs (C(OH)–C–C–N with tert-alkyl or cyclic N) is 1. The van der Waals surface area contributed by atoms with Gasteiger partial charge in [-0.3, -0.25) is 4.79 Å². The van der Waals surface area contributed by atoms with Gasteiger partial charge < -0.3 is 24.6 Å². The maximum absolute atomic E-state index is 12.5. The zero-order valence-corrected chi connectivity index (χ0v) is 13.2. The van der Waals surface area contributed by atoms with Gasteiger partial charge in [-0.2, -0.15) is 0 Å². The minimum absolute atomic E-state index is 0.105. The van der Waals surface area contributed by atoms with Gasteiger partial charge in [-0.05, 0) is 37.6 Å². The average molecular weight is 321 g/mol. The highest BCUT2D eigenvalue weighted by atomic mass is 16.5. The highest BCUT2D eigenvalue weighted by Crippen LogP contribution is 2.45. The van der Waals surface area contributed by atoms with E-state index in [1.807, 2.05) is 0 Å². The van der Waals surface area contributed by atoms with E-state index in [1.165, 1.54) is 18.1 Å². The van der Waals surface area contributed by atoms with Crippen molar-refractivity contribution in [3.63, 3.8) is 0 Å². The number of carboxylic acids is 1. The van der Waals surface area contributed by atoms with Gasteiger partial charge in [-0.1, -0.05) is 0 Å². The van der Waals surface area contributed by atoms with Crippen molar-refractivity contribution in [2.45, 2.75) is 19.4 Å². The van der Waals surface area contributed by atoms with Crippen molar-refractivity contribution < 1.29 is 29.3 Å². The van der Waals surface area contributed by atoms with Crippen LogP contribution in [0.1, 0.15) is 19.4 Å². The molecule has 0 unspecified atom stereocenters. The first-order chi connectivity index (χ1) is 10.8. The number of hydrogen-bond donors (Lipinski definition) is 2. The Morgan fingerprint density at radius 2 is 2.13 bits per heavy atom. The van der Waals surface area contributed by atoms with Crippen LogP contribution in [-0.4, -0.2) is 48.0 Å². The molecule has 2 N–H and O–H groups in total. The number of carboxylic acid groups (broad SMARTS) is 1. The molecule has 0 atom stereocenters. The molecule has 2 rings (SSSR count). The molecular weight excluding hydrogens is 302 g/mol. The van der Waals surface area contributed by atoms with E-state index in [-0.39, 0.29) is 19.1 Å². The molecule has 0 saturated carbocycles. The van der Waals surface area contributed by atoms with Gasteiger partial charge in [-0.15, -0.1) is 0 Å². The number of aliphatic hydroxyl groups is 1. The SMILES string of the molecule is COc1cc(/C=C/C(=O)O)cc2c1OC(C)(C)C(=O)N2CCO. The van der Waals surface area contributed by atoms with Crippen molar-refractivity contribution in [3.05, 3.63) is 23.8 Å². The first-order valence-electron chi connectivity index (χ1n) is 7.05. The fraction of sp³-hybridized carbons (Fsp3) is 0.375. The summed E-state index contributed by atoms with van der Waals surface area (Å²) < 4.78 is 11.1. The van der Waals surface area contributed by atoms with E-state index in [0.29, 0.717) is 22.7 Å². The highest BCUT2D eigenvalue weighted by molar-refractivity contribution is 6.03. The number of aliphatic carboxylic acids is 1. The number of anilines is 1. The maximum Gasteiger partial charge on any atom is 0.328 e. The molecule has 1 amide bonds. The molecule has 0 bridgehead atoms. The molecule has 1 aliphatic rings. The standard InChI is InChI=1S/C16H19NO6/c1-16(2)15(21)17(6-7-18)11-8-10(4-5-13(19)20)9-12(22-3)14(11)23-16/h4-5,8-9,18H,6-7H2,1-3H3,(H,19,20)/b5-4+. The number of rotatable bonds is 5. The fourth-order valence-corrected chi connectivity index (χ4v) is 2.38. The Labute approximate surface area is 133 Å². The summed E-state index contributed by atoms with van der Waals surface area (Å²) in [5.41, 5.74) is -0.108. The molecule has 1 aliphatic heterocycles. The molecule has 1 aromatic carbocycles. The van der Waals surface area contributed by atoms with E-state index in [9.17, 15) is 14.7 Å². The summed E-state index contributed by atoms with van der Waals surface area (Å²) in [6.45, 7) is 3.17. The summed E-state index contributed by atoms with van der Waals surface area (Å²) in [4.78, 5) is 24.6. The van der Waals surface area contributed by atoms with Crippen LogP contribution >= 0.6 is 0 Å². The van der Waals surface area contributed by atoms with E-state index < -0.39 is 11.6 Å². The summed E-state index contributed by atoms with van der Waals surface area (Å²) in [7, 11) is 1.46. The van der Waals surface area contributed by atoms with Gasteiger partial charge in [0, 0.05) is 12.6 Å². The first kappa shape index (κ1) is 16.8. The Morgan fingerprint density at radius 1 is 1.43 bits per heavy atom. The Kier molecular flexibility index (Phi) is 4.60. The second-order valence-corrected chi connectivity index (χ2v) is 5.54. The van der Waals surface area contributed by atoms with Gasteiger partial charge in [0.25, 0.3) is 5.91 Å². The quantitative estimate of drug-likeness (QED) is 0.793. The zero-order valence-electron chi connectivity index (χ0n) is 13.2. The predicted molar refractivity (Wildman–Crippen MR) is 83.8 cm³/mol. The number of fused-ring (bicyclic) bond motifs is 1. The van der Waals surface area contributed by atoms with Crippen molar-refractivity contribution in [3.8, 4) is 11.5 Å². The van der Waals surface area contributed by atoms with E-state index in [4.69, 9.17) is 14.6 Å². The van der Waals surface area contributed by atoms with Gasteiger partial charge in [-0.25, -0.2) is 4.79 Å². The molecule has 124 valence electrons. The molecule has 7 nitrogen and oxygen atoms in total. The van der Waals surface area contributed by atoms with Gasteiger partial charge in [0.05, 0.1) is 19.4 Å². The second-order valence-electron chi connectivity index (χ2n) is 5.54. The zero-order chi connectivity index (χ0) is 17.2. The largest absolute Gasteiger partial charge is 0.493 e. The lowest BCUT2D eigenvalue weighted by atomic mass is 10.0. The number of methoxy groups -OCH3 is 1. The lowest BCUT2D eigenvalue weighted by Gasteiger charge is -2.39. The Bertz CT molecular complexity index is 665. The summed E-state index contributed by atoms with van der Waals surface area (Å²) in [6.07, 6.45) is 2.39. The van der Waals surface area contributed by atoms with Crippen LogP contribution in [0.5, 0.6) is 11.5 Å². The Morgan fingerprint density at radius 3 is 2.70 bits per heavy atom. The molecule has 0 fully saturated rings. The molecule has 23 heavy (non-hydrogen) atoms. The number of nitrogens with zero attached hydrogens (tertiary/aromatic N) is 1. The summed E-state index contributed by atoms with van der Waals surface area (Å²) >= 11 is 0. The predicted octanol–water partition coefficient (Wildman–Crippen LogP) is 1.29. The van der Waals surface area contributed by atoms with Crippen LogP contribution < -0.4 is 14.4 Å². The maximum atomic E-state index is 12.5. The molecule has 0 saturated heterocycles. The molecule has 1 heterocycles. The number of hydrogen-bond acceptors (Lipinski definition) is 5. The number of aliphatic hydroxyl groups excluding tert-OH is 1. The van der Waals surface area contributed by atoms with E-state index in [0.717, 1.165) is 6.08 Å². The van der Waals surface area contributed by atoms with Crippen LogP contribution in [0.15, 0.2) is 18.2 Å². The number of carbonyl (C=O) groups is 2. The monoisotopic (exact) mass is 321 g/mol. The van der Waals surface area contributed by atoms with Crippen molar-refractivity contribution in [2.75, 3.05) is 25.2 Å². The highest BCUT2D eigenvalue weighted by Gasteiger charge is 2.42. The normalized spacial score (nSPS) is 16.2. The molecular formula is C16H19NO6. The van der Waals surface area contributed by atoms with Gasteiger partial charge in [0.15, 0.2) is 17.1 Å². The van der Waals surface area contributed by atoms with Crippen LogP contribution in [0.25, 0.3) is 6.08 Å². The number of ether oxygens (including phenoxy) is 2. The molecule has 0 aliphatic carbocycles. The second kappa shape index (κ2) is 6.29. The van der Waals surface area contributed by atoms with Gasteiger partial charge in [0.2, 0.25) is 0 Å². The lowest BCUT2D eigenvalue weighted by Crippen LogP contribution is -2.53. The Hall–Kier alpha value is -2.54. The van der Waals surface area contributed by atoms with Gasteiger partial charge >= 0.3 is 5.97 Å². The fourth-order valence-electron chi connectivity index (χ4n) is 2.38. The average Bonchev–Trinajstić information content (AvgIpc) is 2.49. The molecule has 7 heteroatoms. The third-order valence-corrected chi connectivity index (χ3v) is 3.43. The molecule has 0 spiro atoms. The van der Waals surface area contributed by atoms with E-state index in [1.54, 1.807) is 26.0 Å². The number of benzene rings is 1. The minimum Gasteiger partial charge on any atom is -0.493 e. The Balaban J connectivity index is 2.60. The summed E-state index contributed by atoms with van der Waals surface area (Å²) in [6, 6.07) is 3.25. The van der Waals surface area contributed by atoms with Gasteiger partial charge in [0.1, 0.15) is 0 Å². The summed E-state index contributed by atoms with van der Waals surface area (Å²) in [5.74, 6) is -0.600. The van der Waals surface area contributed by atoms with Crippen LogP contribution in [0, 0.1) is 0 Å². The van der Waals surface area contributed by atoms with Crippen molar-refractivity contribution in [1.82, 2.24) is 0 Å². The van der Waals surface area contributed by atoms with Crippen LogP contribution in [0.4, 0.5) is 5.69 Å². The van der Waals surface area contributed by atoms with Crippen LogP contribution in [-0.2, 0) is 9.59 Å². The van der Waals surface area contributed by atoms with Crippen molar-refractivity contribution in [1.29, 1.82) is 0 Å². The van der Waals surface area contributed by atoms with E-state index in [2.05, 4.69) is 0 Å². The molecule has 0 radical (unpaired) electrons. The van der Waals surface area contributed by atoms with E-state index >= 15 is 0 Å². The third-order valence-electron chi connectivity index (χ3n) is 3.43. The lowest BCUT2D eigenvalue weighted by molar-refractivity contribution is -0.133. The third kappa shape index (κ3) is 3.29.